The monoisotopic (exact) mass is 431 g/mol. The smallest absolute Gasteiger partial charge is 0.394 e. The molecule has 1 aliphatic rings. The summed E-state index contributed by atoms with van der Waals surface area (Å²) in [6.07, 6.45) is -1.06. The van der Waals surface area contributed by atoms with E-state index in [-0.39, 0.29) is 30.9 Å². The van der Waals surface area contributed by atoms with Crippen molar-refractivity contribution in [3.8, 4) is 11.5 Å². The van der Waals surface area contributed by atoms with Gasteiger partial charge < -0.3 is 19.1 Å². The Labute approximate surface area is 181 Å². The molecule has 0 fully saturated rings. The second kappa shape index (κ2) is 9.37. The van der Waals surface area contributed by atoms with E-state index in [0.717, 1.165) is 23.7 Å². The van der Waals surface area contributed by atoms with Gasteiger partial charge in [0.05, 0.1) is 0 Å². The average molecular weight is 431 g/mol. The molecule has 0 aliphatic carbocycles. The number of carbonyl (C=O) groups is 1. The number of likely N-dealkylation sites (N-methyl/N-ethyl adjacent to an activating group) is 1. The molecule has 166 valence electrons. The van der Waals surface area contributed by atoms with Gasteiger partial charge in [-0.05, 0) is 54.8 Å². The number of rotatable bonds is 9. The molecule has 7 heteroatoms. The summed E-state index contributed by atoms with van der Waals surface area (Å²) >= 11 is 0. The Hall–Kier alpha value is -3.09. The molecule has 2 unspecified atom stereocenters. The summed E-state index contributed by atoms with van der Waals surface area (Å²) in [7, 11) is 1.99. The van der Waals surface area contributed by atoms with Crippen molar-refractivity contribution in [1.29, 1.82) is 0 Å². The number of alkyl halides is 2. The molecule has 3 rings (SSSR count). The van der Waals surface area contributed by atoms with Crippen molar-refractivity contribution >= 4 is 11.7 Å². The van der Waals surface area contributed by atoms with Crippen LogP contribution in [0.3, 0.4) is 0 Å². The number of carbonyl (C=O) groups excluding carboxylic acids is 1. The highest BCUT2D eigenvalue weighted by Gasteiger charge is 2.34. The van der Waals surface area contributed by atoms with Gasteiger partial charge in [0.2, 0.25) is 0 Å². The lowest BCUT2D eigenvalue weighted by Gasteiger charge is -2.23. The summed E-state index contributed by atoms with van der Waals surface area (Å²) in [4.78, 5) is 13.8. The highest BCUT2D eigenvalue weighted by Crippen LogP contribution is 2.44. The molecule has 5 nitrogen and oxygen atoms in total. The summed E-state index contributed by atoms with van der Waals surface area (Å²) < 4.78 is 41.9. The number of fused-ring (bicyclic) bond motifs is 1. The molecule has 0 saturated carbocycles. The van der Waals surface area contributed by atoms with Crippen LogP contribution in [0.2, 0.25) is 0 Å². The fraction of sp³-hybridized carbons (Fsp3) is 0.375. The van der Waals surface area contributed by atoms with Gasteiger partial charge in [-0.15, -0.1) is 0 Å². The molecule has 1 aliphatic heterocycles. The predicted octanol–water partition coefficient (Wildman–Crippen LogP) is 4.95. The van der Waals surface area contributed by atoms with Gasteiger partial charge in [0.15, 0.2) is 6.61 Å². The average Bonchev–Trinajstić information content (AvgIpc) is 2.94. The molecular weight excluding hydrogens is 404 g/mol. The minimum Gasteiger partial charge on any atom is -0.482 e. The van der Waals surface area contributed by atoms with Crippen LogP contribution in [0.15, 0.2) is 55.1 Å². The molecule has 0 saturated heterocycles. The molecule has 0 bridgehead atoms. The Balaban J connectivity index is 1.75. The molecular formula is C24H27F2NO4. The van der Waals surface area contributed by atoms with E-state index >= 15 is 0 Å². The molecule has 2 aromatic rings. The molecule has 2 atom stereocenters. The minimum atomic E-state index is -3.24. The van der Waals surface area contributed by atoms with Gasteiger partial charge >= 0.3 is 12.1 Å². The first-order valence-corrected chi connectivity index (χ1v) is 10.1. The van der Waals surface area contributed by atoms with Crippen molar-refractivity contribution in [3.05, 3.63) is 66.2 Å². The lowest BCUT2D eigenvalue weighted by atomic mass is 9.89. The fourth-order valence-corrected chi connectivity index (χ4v) is 3.80. The largest absolute Gasteiger partial charge is 0.482 e. The molecule has 31 heavy (non-hydrogen) atoms. The standard InChI is InChI=1S/C24H27F2NO4/c1-5-11-29-23(28)15-30-18-8-6-7-17(12-18)13-20-16(2)27(4)22-10-9-19(14-21(20)22)31-24(3,25)26/h5-10,12,14,16,20H,1,11,13,15H2,2-4H3. The molecule has 0 spiro atoms. The van der Waals surface area contributed by atoms with E-state index in [9.17, 15) is 13.6 Å². The highest BCUT2D eigenvalue weighted by molar-refractivity contribution is 5.71. The Morgan fingerprint density at radius 3 is 2.71 bits per heavy atom. The van der Waals surface area contributed by atoms with Crippen LogP contribution in [-0.4, -0.2) is 38.4 Å². The maximum absolute atomic E-state index is 13.3. The third kappa shape index (κ3) is 5.75. The van der Waals surface area contributed by atoms with Crippen molar-refractivity contribution in [1.82, 2.24) is 0 Å². The quantitative estimate of drug-likeness (QED) is 0.415. The maximum Gasteiger partial charge on any atom is 0.394 e. The minimum absolute atomic E-state index is 0.0850. The van der Waals surface area contributed by atoms with Crippen LogP contribution in [0.25, 0.3) is 0 Å². The zero-order valence-corrected chi connectivity index (χ0v) is 17.9. The zero-order chi connectivity index (χ0) is 22.6. The molecule has 1 heterocycles. The zero-order valence-electron chi connectivity index (χ0n) is 17.9. The first kappa shape index (κ1) is 22.6. The van der Waals surface area contributed by atoms with Crippen molar-refractivity contribution in [2.24, 2.45) is 0 Å². The first-order chi connectivity index (χ1) is 14.7. The highest BCUT2D eigenvalue weighted by atomic mass is 19.3. The lowest BCUT2D eigenvalue weighted by molar-refractivity contribution is -0.159. The molecule has 2 aromatic carbocycles. The van der Waals surface area contributed by atoms with Gasteiger partial charge in [-0.1, -0.05) is 24.8 Å². The van der Waals surface area contributed by atoms with E-state index in [1.54, 1.807) is 18.2 Å². The van der Waals surface area contributed by atoms with E-state index in [1.165, 1.54) is 6.08 Å². The SMILES string of the molecule is C=CCOC(=O)COc1cccc(CC2c3cc(OC(C)(F)F)ccc3N(C)C2C)c1. The van der Waals surface area contributed by atoms with Crippen LogP contribution in [0.4, 0.5) is 14.5 Å². The third-order valence-electron chi connectivity index (χ3n) is 5.34. The lowest BCUT2D eigenvalue weighted by Crippen LogP contribution is -2.28. The van der Waals surface area contributed by atoms with E-state index in [0.29, 0.717) is 12.2 Å². The molecule has 0 N–H and O–H groups in total. The predicted molar refractivity (Wildman–Crippen MR) is 115 cm³/mol. The number of anilines is 1. The first-order valence-electron chi connectivity index (χ1n) is 10.1. The fourth-order valence-electron chi connectivity index (χ4n) is 3.80. The summed E-state index contributed by atoms with van der Waals surface area (Å²) in [5.74, 6) is 0.330. The van der Waals surface area contributed by atoms with Crippen LogP contribution in [-0.2, 0) is 16.0 Å². The van der Waals surface area contributed by atoms with Gasteiger partial charge in [0.25, 0.3) is 0 Å². The van der Waals surface area contributed by atoms with Crippen molar-refractivity contribution in [2.75, 3.05) is 25.2 Å². The summed E-state index contributed by atoms with van der Waals surface area (Å²) in [6.45, 7) is 6.29. The van der Waals surface area contributed by atoms with E-state index in [1.807, 2.05) is 31.3 Å². The van der Waals surface area contributed by atoms with Crippen molar-refractivity contribution in [2.45, 2.75) is 38.3 Å². The second-order valence-electron chi connectivity index (χ2n) is 7.70. The van der Waals surface area contributed by atoms with Crippen LogP contribution >= 0.6 is 0 Å². The number of hydrogen-bond donors (Lipinski definition) is 0. The Morgan fingerprint density at radius 1 is 1.23 bits per heavy atom. The number of benzene rings is 2. The van der Waals surface area contributed by atoms with E-state index in [4.69, 9.17) is 14.2 Å². The van der Waals surface area contributed by atoms with Gasteiger partial charge in [-0.25, -0.2) is 4.79 Å². The van der Waals surface area contributed by atoms with Crippen LogP contribution in [0.5, 0.6) is 11.5 Å². The topological polar surface area (TPSA) is 48.0 Å². The molecule has 0 radical (unpaired) electrons. The van der Waals surface area contributed by atoms with Crippen molar-refractivity contribution in [3.63, 3.8) is 0 Å². The number of nitrogens with zero attached hydrogens (tertiary/aromatic N) is 1. The number of halogens is 2. The van der Waals surface area contributed by atoms with Crippen LogP contribution in [0, 0.1) is 0 Å². The van der Waals surface area contributed by atoms with Crippen molar-refractivity contribution < 1.29 is 27.8 Å². The van der Waals surface area contributed by atoms with Gasteiger partial charge in [0, 0.05) is 31.6 Å². The van der Waals surface area contributed by atoms with E-state index in [2.05, 4.69) is 18.4 Å². The molecule has 0 aromatic heterocycles. The van der Waals surface area contributed by atoms with Gasteiger partial charge in [-0.2, -0.15) is 8.78 Å². The number of hydrogen-bond acceptors (Lipinski definition) is 5. The van der Waals surface area contributed by atoms with Gasteiger partial charge in [0.1, 0.15) is 18.1 Å². The summed E-state index contributed by atoms with van der Waals surface area (Å²) in [5, 5.41) is 0. The normalized spacial score (nSPS) is 17.8. The van der Waals surface area contributed by atoms with E-state index < -0.39 is 12.1 Å². The van der Waals surface area contributed by atoms with Crippen LogP contribution in [0.1, 0.15) is 30.9 Å². The number of esters is 1. The Bertz CT molecular complexity index is 941. The van der Waals surface area contributed by atoms with Gasteiger partial charge in [-0.3, -0.25) is 0 Å². The second-order valence-corrected chi connectivity index (χ2v) is 7.70. The summed E-state index contributed by atoms with van der Waals surface area (Å²) in [6, 6.07) is 12.8. The Kier molecular flexibility index (Phi) is 6.83. The number of ether oxygens (including phenoxy) is 3. The Morgan fingerprint density at radius 2 is 2.00 bits per heavy atom. The maximum atomic E-state index is 13.3. The van der Waals surface area contributed by atoms with Crippen LogP contribution < -0.4 is 14.4 Å². The summed E-state index contributed by atoms with van der Waals surface area (Å²) in [5.41, 5.74) is 2.99. The third-order valence-corrected chi connectivity index (χ3v) is 5.34. The molecule has 0 amide bonds.